The van der Waals surface area contributed by atoms with Gasteiger partial charge in [-0.3, -0.25) is 0 Å². The van der Waals surface area contributed by atoms with E-state index in [9.17, 15) is 0 Å². The summed E-state index contributed by atoms with van der Waals surface area (Å²) in [5.74, 6) is 1.63. The average molecular weight is 341 g/mol. The fraction of sp³-hybridized carbons (Fsp3) is 0.222. The summed E-state index contributed by atoms with van der Waals surface area (Å²) in [6.07, 6.45) is 0. The molecule has 1 heterocycles. The van der Waals surface area contributed by atoms with Crippen LogP contribution in [0.1, 0.15) is 22.2 Å². The van der Waals surface area contributed by atoms with Crippen LogP contribution in [0.5, 0.6) is 11.5 Å². The Morgan fingerprint density at radius 1 is 0.917 bits per heavy atom. The summed E-state index contributed by atoms with van der Waals surface area (Å²) in [5.41, 5.74) is 2.16. The van der Waals surface area contributed by atoms with Gasteiger partial charge in [-0.2, -0.15) is 0 Å². The van der Waals surface area contributed by atoms with Gasteiger partial charge in [0.05, 0.1) is 20.3 Å². The van der Waals surface area contributed by atoms with Crippen LogP contribution in [0.2, 0.25) is 0 Å². The third-order valence-corrected chi connectivity index (χ3v) is 4.42. The molecule has 0 unspecified atom stereocenters. The Morgan fingerprint density at radius 2 is 1.50 bits per heavy atom. The first kappa shape index (κ1) is 16.3. The highest BCUT2D eigenvalue weighted by Crippen LogP contribution is 2.31. The first-order valence-electron chi connectivity index (χ1n) is 7.54. The SMILES string of the molecule is COc1cccc(C(Nc2nnc(C)s2)c2cccc(OC)c2)c1. The van der Waals surface area contributed by atoms with E-state index in [4.69, 9.17) is 9.47 Å². The lowest BCUT2D eigenvalue weighted by atomic mass is 9.98. The number of methoxy groups -OCH3 is 2. The van der Waals surface area contributed by atoms with E-state index in [1.165, 1.54) is 11.3 Å². The van der Waals surface area contributed by atoms with Crippen molar-refractivity contribution in [2.75, 3.05) is 19.5 Å². The number of ether oxygens (including phenoxy) is 2. The quantitative estimate of drug-likeness (QED) is 0.732. The van der Waals surface area contributed by atoms with Crippen molar-refractivity contribution in [2.24, 2.45) is 0 Å². The van der Waals surface area contributed by atoms with Crippen molar-refractivity contribution in [3.05, 3.63) is 64.7 Å². The van der Waals surface area contributed by atoms with Gasteiger partial charge in [-0.25, -0.2) is 0 Å². The molecule has 24 heavy (non-hydrogen) atoms. The van der Waals surface area contributed by atoms with E-state index in [0.717, 1.165) is 32.8 Å². The van der Waals surface area contributed by atoms with Crippen LogP contribution in [0.4, 0.5) is 5.13 Å². The Balaban J connectivity index is 2.01. The zero-order valence-corrected chi connectivity index (χ0v) is 14.6. The largest absolute Gasteiger partial charge is 0.497 e. The number of hydrogen-bond acceptors (Lipinski definition) is 6. The van der Waals surface area contributed by atoms with Gasteiger partial charge in [0, 0.05) is 0 Å². The van der Waals surface area contributed by atoms with Crippen LogP contribution in [-0.2, 0) is 0 Å². The average Bonchev–Trinajstić information content (AvgIpc) is 3.04. The minimum absolute atomic E-state index is 0.0810. The zero-order valence-electron chi connectivity index (χ0n) is 13.8. The number of benzene rings is 2. The first-order valence-corrected chi connectivity index (χ1v) is 8.36. The van der Waals surface area contributed by atoms with Crippen LogP contribution in [0.15, 0.2) is 48.5 Å². The predicted molar refractivity (Wildman–Crippen MR) is 96.1 cm³/mol. The van der Waals surface area contributed by atoms with Gasteiger partial charge in [-0.05, 0) is 42.3 Å². The smallest absolute Gasteiger partial charge is 0.206 e. The van der Waals surface area contributed by atoms with E-state index in [0.29, 0.717) is 0 Å². The van der Waals surface area contributed by atoms with Crippen molar-refractivity contribution >= 4 is 16.5 Å². The molecule has 3 aromatic rings. The van der Waals surface area contributed by atoms with Crippen molar-refractivity contribution in [1.82, 2.24) is 10.2 Å². The number of hydrogen-bond donors (Lipinski definition) is 1. The van der Waals surface area contributed by atoms with Crippen LogP contribution in [0.3, 0.4) is 0 Å². The Bertz CT molecular complexity index is 772. The normalized spacial score (nSPS) is 10.7. The summed E-state index contributed by atoms with van der Waals surface area (Å²) in [6, 6.07) is 15.9. The van der Waals surface area contributed by atoms with Gasteiger partial charge in [-0.15, -0.1) is 10.2 Å². The minimum atomic E-state index is -0.0810. The molecule has 0 spiro atoms. The number of nitrogens with zero attached hydrogens (tertiary/aromatic N) is 2. The molecule has 3 rings (SSSR count). The maximum Gasteiger partial charge on any atom is 0.206 e. The number of nitrogens with one attached hydrogen (secondary N) is 1. The van der Waals surface area contributed by atoms with E-state index in [2.05, 4.69) is 27.6 Å². The molecule has 0 aliphatic rings. The highest BCUT2D eigenvalue weighted by molar-refractivity contribution is 7.15. The van der Waals surface area contributed by atoms with Gasteiger partial charge in [0.2, 0.25) is 5.13 Å². The predicted octanol–water partition coefficient (Wildman–Crippen LogP) is 4.07. The number of aromatic nitrogens is 2. The second kappa shape index (κ2) is 7.31. The van der Waals surface area contributed by atoms with Gasteiger partial charge in [-0.1, -0.05) is 35.6 Å². The lowest BCUT2D eigenvalue weighted by Gasteiger charge is -2.20. The number of anilines is 1. The Morgan fingerprint density at radius 3 is 1.96 bits per heavy atom. The van der Waals surface area contributed by atoms with Crippen molar-refractivity contribution in [3.8, 4) is 11.5 Å². The molecule has 0 aliphatic carbocycles. The van der Waals surface area contributed by atoms with E-state index >= 15 is 0 Å². The zero-order chi connectivity index (χ0) is 16.9. The molecule has 0 saturated carbocycles. The van der Waals surface area contributed by atoms with Crippen molar-refractivity contribution in [3.63, 3.8) is 0 Å². The van der Waals surface area contributed by atoms with Crippen LogP contribution in [0.25, 0.3) is 0 Å². The minimum Gasteiger partial charge on any atom is -0.497 e. The van der Waals surface area contributed by atoms with Crippen molar-refractivity contribution in [2.45, 2.75) is 13.0 Å². The molecule has 6 heteroatoms. The van der Waals surface area contributed by atoms with E-state index in [1.807, 2.05) is 43.3 Å². The lowest BCUT2D eigenvalue weighted by Crippen LogP contribution is -2.12. The molecule has 0 radical (unpaired) electrons. The number of aryl methyl sites for hydroxylation is 1. The molecule has 0 amide bonds. The molecule has 1 N–H and O–H groups in total. The van der Waals surface area contributed by atoms with Crippen molar-refractivity contribution < 1.29 is 9.47 Å². The third kappa shape index (κ3) is 3.65. The van der Waals surface area contributed by atoms with Gasteiger partial charge in [0.1, 0.15) is 16.5 Å². The maximum atomic E-state index is 5.36. The van der Waals surface area contributed by atoms with Crippen LogP contribution >= 0.6 is 11.3 Å². The van der Waals surface area contributed by atoms with E-state index in [1.54, 1.807) is 14.2 Å². The molecule has 0 fully saturated rings. The van der Waals surface area contributed by atoms with Crippen LogP contribution in [-0.4, -0.2) is 24.4 Å². The summed E-state index contributed by atoms with van der Waals surface area (Å²) in [4.78, 5) is 0. The van der Waals surface area contributed by atoms with E-state index < -0.39 is 0 Å². The molecular formula is C18H19N3O2S. The second-order valence-corrected chi connectivity index (χ2v) is 6.44. The van der Waals surface area contributed by atoms with Crippen LogP contribution < -0.4 is 14.8 Å². The molecule has 1 aromatic heterocycles. The molecule has 0 atom stereocenters. The molecule has 5 nitrogen and oxygen atoms in total. The fourth-order valence-electron chi connectivity index (χ4n) is 2.48. The molecule has 2 aromatic carbocycles. The van der Waals surface area contributed by atoms with Gasteiger partial charge < -0.3 is 14.8 Å². The molecular weight excluding hydrogens is 322 g/mol. The molecule has 0 bridgehead atoms. The monoisotopic (exact) mass is 341 g/mol. The first-order chi connectivity index (χ1) is 11.7. The Labute approximate surface area is 145 Å². The number of rotatable bonds is 6. The summed E-state index contributed by atoms with van der Waals surface area (Å²) < 4.78 is 10.7. The van der Waals surface area contributed by atoms with Crippen LogP contribution in [0, 0.1) is 6.92 Å². The Kier molecular flexibility index (Phi) is 4.96. The van der Waals surface area contributed by atoms with Gasteiger partial charge >= 0.3 is 0 Å². The highest BCUT2D eigenvalue weighted by Gasteiger charge is 2.17. The van der Waals surface area contributed by atoms with Crippen molar-refractivity contribution in [1.29, 1.82) is 0 Å². The maximum absolute atomic E-state index is 5.36. The molecule has 0 aliphatic heterocycles. The highest BCUT2D eigenvalue weighted by atomic mass is 32.1. The fourth-order valence-corrected chi connectivity index (χ4v) is 3.10. The molecule has 0 saturated heterocycles. The third-order valence-electron chi connectivity index (χ3n) is 3.65. The lowest BCUT2D eigenvalue weighted by molar-refractivity contribution is 0.413. The topological polar surface area (TPSA) is 56.3 Å². The second-order valence-electron chi connectivity index (χ2n) is 5.26. The standard InChI is InChI=1S/C18H19N3O2S/c1-12-20-21-18(24-12)19-17(13-6-4-8-15(10-13)22-2)14-7-5-9-16(11-14)23-3/h4-11,17H,1-3H3,(H,19,21). The van der Waals surface area contributed by atoms with Gasteiger partial charge in [0.15, 0.2) is 0 Å². The summed E-state index contributed by atoms with van der Waals surface area (Å²) in [6.45, 7) is 1.94. The summed E-state index contributed by atoms with van der Waals surface area (Å²) >= 11 is 1.53. The summed E-state index contributed by atoms with van der Waals surface area (Å²) in [7, 11) is 3.34. The van der Waals surface area contributed by atoms with E-state index in [-0.39, 0.29) is 6.04 Å². The van der Waals surface area contributed by atoms with Gasteiger partial charge in [0.25, 0.3) is 0 Å². The summed E-state index contributed by atoms with van der Waals surface area (Å²) in [5, 5.41) is 13.4. The molecule has 124 valence electrons. The Hall–Kier alpha value is -2.60.